The number of aliphatic hydroxyl groups excluding tert-OH is 1. The quantitative estimate of drug-likeness (QED) is 0.249. The third-order valence-electron chi connectivity index (χ3n) is 9.46. The molecule has 3 heterocycles. The van der Waals surface area contributed by atoms with Crippen molar-refractivity contribution in [2.45, 2.75) is 51.1 Å². The van der Waals surface area contributed by atoms with Crippen LogP contribution in [0.2, 0.25) is 0 Å². The molecule has 0 radical (unpaired) electrons. The van der Waals surface area contributed by atoms with Gasteiger partial charge in [-0.1, -0.05) is 61.5 Å². The lowest BCUT2D eigenvalue weighted by atomic mass is 9.71. The van der Waals surface area contributed by atoms with E-state index in [2.05, 4.69) is 0 Å². The minimum atomic E-state index is -1.61. The Morgan fingerprint density at radius 3 is 2.22 bits per heavy atom. The van der Waals surface area contributed by atoms with Crippen LogP contribution in [0, 0.1) is 11.8 Å². The molecule has 4 aromatic rings. The lowest BCUT2D eigenvalue weighted by Crippen LogP contribution is -2.45. The summed E-state index contributed by atoms with van der Waals surface area (Å²) in [5, 5.41) is 9.76. The number of benzene rings is 4. The Balaban J connectivity index is 1.22. The maximum Gasteiger partial charge on any atom is 0.266 e. The van der Waals surface area contributed by atoms with Crippen LogP contribution < -0.4 is 14.5 Å². The normalized spacial score (nSPS) is 23.9. The zero-order valence-corrected chi connectivity index (χ0v) is 25.4. The van der Waals surface area contributed by atoms with Crippen LogP contribution in [0.3, 0.4) is 0 Å². The van der Waals surface area contributed by atoms with Crippen molar-refractivity contribution in [2.24, 2.45) is 11.8 Å². The van der Waals surface area contributed by atoms with Gasteiger partial charge >= 0.3 is 0 Å². The lowest BCUT2D eigenvalue weighted by Gasteiger charge is -2.32. The molecular formula is C37H35FN2O5. The molecule has 1 saturated heterocycles. The highest BCUT2D eigenvalue weighted by atomic mass is 19.1. The summed E-state index contributed by atoms with van der Waals surface area (Å²) in [5.74, 6) is -0.413. The van der Waals surface area contributed by atoms with Gasteiger partial charge in [0.1, 0.15) is 11.4 Å². The molecule has 3 aliphatic rings. The molecule has 3 aliphatic heterocycles. The highest BCUT2D eigenvalue weighted by Gasteiger charge is 2.65. The molecule has 1 N–H and O–H groups in total. The first kappa shape index (κ1) is 29.2. The summed E-state index contributed by atoms with van der Waals surface area (Å²) in [4.78, 5) is 31.6. The summed E-state index contributed by atoms with van der Waals surface area (Å²) in [6.45, 7) is 5.02. The molecule has 8 heteroatoms. The topological polar surface area (TPSA) is 79.3 Å². The predicted molar refractivity (Wildman–Crippen MR) is 170 cm³/mol. The van der Waals surface area contributed by atoms with Crippen LogP contribution in [0.15, 0.2) is 97.1 Å². The standard InChI is InChI=1S/C37H35FN2O5/c1-23-33(36(2,3)38)32(20-21-41)45-37(23)27-11-5-6-12-28(27)39(35(37)43)22-24-16-18-25(19-17-24)40-29-13-7-9-15-31(29)44-30-14-8-4-10-26(30)34(40)42/h4-19,23,32-33,41H,20-22H2,1-3H3/t23-,32+,33-,37+/m0/s1. The first-order valence-electron chi connectivity index (χ1n) is 15.3. The fourth-order valence-corrected chi connectivity index (χ4v) is 7.55. The number of nitrogens with zero attached hydrogens (tertiary/aromatic N) is 2. The number of amides is 2. The van der Waals surface area contributed by atoms with Gasteiger partial charge in [0.05, 0.1) is 29.6 Å². The third-order valence-corrected chi connectivity index (χ3v) is 9.46. The number of carbonyl (C=O) groups excluding carboxylic acids is 2. The molecule has 45 heavy (non-hydrogen) atoms. The average Bonchev–Trinajstić information content (AvgIpc) is 3.40. The smallest absolute Gasteiger partial charge is 0.266 e. The van der Waals surface area contributed by atoms with Gasteiger partial charge in [-0.25, -0.2) is 4.39 Å². The number of rotatable bonds is 6. The number of ether oxygens (including phenoxy) is 2. The van der Waals surface area contributed by atoms with E-state index in [-0.39, 0.29) is 31.4 Å². The second-order valence-corrected chi connectivity index (χ2v) is 12.6. The van der Waals surface area contributed by atoms with Gasteiger partial charge in [0.2, 0.25) is 0 Å². The van der Waals surface area contributed by atoms with Crippen molar-refractivity contribution in [2.75, 3.05) is 16.4 Å². The molecule has 1 spiro atoms. The summed E-state index contributed by atoms with van der Waals surface area (Å²) in [5.41, 5.74) is 1.09. The van der Waals surface area contributed by atoms with E-state index in [4.69, 9.17) is 9.47 Å². The Bertz CT molecular complexity index is 1780. The van der Waals surface area contributed by atoms with Crippen molar-refractivity contribution >= 4 is 28.9 Å². The highest BCUT2D eigenvalue weighted by Crippen LogP contribution is 2.58. The number of alkyl halides is 1. The number of halogens is 1. The maximum absolute atomic E-state index is 15.6. The fourth-order valence-electron chi connectivity index (χ4n) is 7.55. The van der Waals surface area contributed by atoms with Gasteiger partial charge in [-0.3, -0.25) is 14.5 Å². The minimum Gasteiger partial charge on any atom is -0.454 e. The zero-order valence-electron chi connectivity index (χ0n) is 25.4. The maximum atomic E-state index is 15.6. The van der Waals surface area contributed by atoms with Crippen LogP contribution in [-0.2, 0) is 21.7 Å². The Morgan fingerprint density at radius 1 is 0.867 bits per heavy atom. The Morgan fingerprint density at radius 2 is 1.51 bits per heavy atom. The van der Waals surface area contributed by atoms with Crippen molar-refractivity contribution in [3.05, 3.63) is 114 Å². The molecule has 0 aliphatic carbocycles. The molecule has 0 aromatic heterocycles. The summed E-state index contributed by atoms with van der Waals surface area (Å²) < 4.78 is 28.3. The number of para-hydroxylation sites is 4. The van der Waals surface area contributed by atoms with Gasteiger partial charge in [-0.15, -0.1) is 0 Å². The van der Waals surface area contributed by atoms with Crippen LogP contribution in [0.4, 0.5) is 21.5 Å². The first-order valence-corrected chi connectivity index (χ1v) is 15.3. The number of aliphatic hydroxyl groups is 1. The van der Waals surface area contributed by atoms with E-state index in [1.54, 1.807) is 21.9 Å². The average molecular weight is 607 g/mol. The molecule has 230 valence electrons. The minimum absolute atomic E-state index is 0.159. The van der Waals surface area contributed by atoms with E-state index in [1.807, 2.05) is 91.9 Å². The predicted octanol–water partition coefficient (Wildman–Crippen LogP) is 7.29. The summed E-state index contributed by atoms with van der Waals surface area (Å²) >= 11 is 0. The SMILES string of the molecule is C[C@H]1[C@H](C(C)(C)F)[C@@H](CCO)O[C@]12C(=O)N(Cc1ccc(N3C(=O)c4ccccc4Oc4ccccc43)cc1)c1ccccc12. The second kappa shape index (κ2) is 10.8. The largest absolute Gasteiger partial charge is 0.454 e. The molecule has 4 atom stereocenters. The van der Waals surface area contributed by atoms with Crippen LogP contribution in [0.5, 0.6) is 11.5 Å². The molecule has 0 saturated carbocycles. The van der Waals surface area contributed by atoms with Crippen LogP contribution in [0.1, 0.15) is 48.7 Å². The Labute approximate surface area is 261 Å². The summed E-state index contributed by atoms with van der Waals surface area (Å²) in [6, 6.07) is 29.7. The molecule has 0 unspecified atom stereocenters. The van der Waals surface area contributed by atoms with Gasteiger partial charge in [0, 0.05) is 29.7 Å². The van der Waals surface area contributed by atoms with Gasteiger partial charge in [-0.2, -0.15) is 0 Å². The van der Waals surface area contributed by atoms with Crippen LogP contribution >= 0.6 is 0 Å². The number of hydrogen-bond acceptors (Lipinski definition) is 5. The van der Waals surface area contributed by atoms with Crippen molar-refractivity contribution < 1.29 is 28.6 Å². The molecule has 7 nitrogen and oxygen atoms in total. The summed E-state index contributed by atoms with van der Waals surface area (Å²) in [7, 11) is 0. The van der Waals surface area contributed by atoms with E-state index >= 15 is 4.39 Å². The molecule has 7 rings (SSSR count). The molecule has 1 fully saturated rings. The highest BCUT2D eigenvalue weighted by molar-refractivity contribution is 6.14. The third kappa shape index (κ3) is 4.54. The van der Waals surface area contributed by atoms with Gasteiger partial charge in [0.15, 0.2) is 11.4 Å². The van der Waals surface area contributed by atoms with Gasteiger partial charge in [0.25, 0.3) is 11.8 Å². The number of carbonyl (C=O) groups is 2. The van der Waals surface area contributed by atoms with Crippen molar-refractivity contribution in [1.29, 1.82) is 0 Å². The Hall–Kier alpha value is -4.53. The molecular weight excluding hydrogens is 571 g/mol. The van der Waals surface area contributed by atoms with E-state index in [0.717, 1.165) is 16.8 Å². The van der Waals surface area contributed by atoms with E-state index in [1.165, 1.54) is 13.8 Å². The van der Waals surface area contributed by atoms with Crippen molar-refractivity contribution in [1.82, 2.24) is 0 Å². The van der Waals surface area contributed by atoms with Crippen LogP contribution in [-0.4, -0.2) is 35.3 Å². The van der Waals surface area contributed by atoms with Crippen molar-refractivity contribution in [3.8, 4) is 11.5 Å². The molecule has 4 aromatic carbocycles. The molecule has 0 bridgehead atoms. The van der Waals surface area contributed by atoms with E-state index in [0.29, 0.717) is 28.4 Å². The summed E-state index contributed by atoms with van der Waals surface area (Å²) in [6.07, 6.45) is -0.362. The van der Waals surface area contributed by atoms with E-state index in [9.17, 15) is 14.7 Å². The van der Waals surface area contributed by atoms with E-state index < -0.39 is 29.2 Å². The van der Waals surface area contributed by atoms with Gasteiger partial charge in [-0.05, 0) is 68.3 Å². The fraction of sp³-hybridized carbons (Fsp3) is 0.297. The number of hydrogen-bond donors (Lipinski definition) is 1. The second-order valence-electron chi connectivity index (χ2n) is 12.6. The van der Waals surface area contributed by atoms with Gasteiger partial charge < -0.3 is 19.5 Å². The van der Waals surface area contributed by atoms with Crippen LogP contribution in [0.25, 0.3) is 0 Å². The zero-order chi connectivity index (χ0) is 31.5. The lowest BCUT2D eigenvalue weighted by molar-refractivity contribution is -0.146. The number of fused-ring (bicyclic) bond motifs is 4. The van der Waals surface area contributed by atoms with Crippen molar-refractivity contribution in [3.63, 3.8) is 0 Å². The first-order chi connectivity index (χ1) is 21.6. The monoisotopic (exact) mass is 606 g/mol. The number of anilines is 3. The molecule has 2 amide bonds. The Kier molecular flexibility index (Phi) is 7.02.